The Morgan fingerprint density at radius 3 is 2.56 bits per heavy atom. The number of anilines is 1. The standard InChI is InChI=1S/C19H20ClN3O2/c20-15-5-6-16(14-2-1-9-21-17(14)15)22-18(24)12-7-10-23(11-8-12)19(25)13-3-4-13/h1-2,5-6,9,12-13H,3-4,7-8,10-11H2,(H,22,24). The Bertz CT molecular complexity index is 827. The first kappa shape index (κ1) is 16.3. The van der Waals surface area contributed by atoms with Gasteiger partial charge in [0.05, 0.1) is 16.2 Å². The lowest BCUT2D eigenvalue weighted by Gasteiger charge is -2.31. The van der Waals surface area contributed by atoms with E-state index >= 15 is 0 Å². The molecule has 1 aliphatic carbocycles. The third kappa shape index (κ3) is 3.33. The van der Waals surface area contributed by atoms with E-state index in [1.807, 2.05) is 23.1 Å². The number of rotatable bonds is 3. The van der Waals surface area contributed by atoms with E-state index < -0.39 is 0 Å². The van der Waals surface area contributed by atoms with E-state index in [0.29, 0.717) is 36.5 Å². The van der Waals surface area contributed by atoms with Crippen LogP contribution in [-0.4, -0.2) is 34.8 Å². The minimum absolute atomic E-state index is 0.00555. The number of hydrogen-bond donors (Lipinski definition) is 1. The third-order valence-corrected chi connectivity index (χ3v) is 5.39. The molecule has 6 heteroatoms. The molecule has 2 fully saturated rings. The zero-order valence-corrected chi connectivity index (χ0v) is 14.6. The van der Waals surface area contributed by atoms with E-state index in [1.165, 1.54) is 0 Å². The topological polar surface area (TPSA) is 62.3 Å². The molecule has 1 N–H and O–H groups in total. The van der Waals surface area contributed by atoms with E-state index in [1.54, 1.807) is 12.3 Å². The molecular weight excluding hydrogens is 338 g/mol. The quantitative estimate of drug-likeness (QED) is 0.914. The SMILES string of the molecule is O=C(Nc1ccc(Cl)c2ncccc12)C1CCN(C(=O)C2CC2)CC1. The molecule has 2 aliphatic rings. The summed E-state index contributed by atoms with van der Waals surface area (Å²) < 4.78 is 0. The number of carbonyl (C=O) groups excluding carboxylic acids is 2. The number of aromatic nitrogens is 1. The van der Waals surface area contributed by atoms with Crippen molar-refractivity contribution in [1.82, 2.24) is 9.88 Å². The molecule has 1 aromatic heterocycles. The Balaban J connectivity index is 1.43. The molecule has 0 spiro atoms. The molecule has 0 atom stereocenters. The van der Waals surface area contributed by atoms with Gasteiger partial charge in [0.15, 0.2) is 0 Å². The fourth-order valence-corrected chi connectivity index (χ4v) is 3.65. The molecule has 2 amide bonds. The molecule has 25 heavy (non-hydrogen) atoms. The van der Waals surface area contributed by atoms with Gasteiger partial charge >= 0.3 is 0 Å². The zero-order valence-electron chi connectivity index (χ0n) is 13.9. The maximum Gasteiger partial charge on any atom is 0.227 e. The summed E-state index contributed by atoms with van der Waals surface area (Å²) in [5.41, 5.74) is 1.42. The van der Waals surface area contributed by atoms with Crippen LogP contribution >= 0.6 is 11.6 Å². The van der Waals surface area contributed by atoms with Crippen molar-refractivity contribution < 1.29 is 9.59 Å². The summed E-state index contributed by atoms with van der Waals surface area (Å²) >= 11 is 6.18. The van der Waals surface area contributed by atoms with Crippen molar-refractivity contribution in [2.45, 2.75) is 25.7 Å². The van der Waals surface area contributed by atoms with Crippen LogP contribution in [0.1, 0.15) is 25.7 Å². The second-order valence-corrected chi connectivity index (χ2v) is 7.26. The van der Waals surface area contributed by atoms with Gasteiger partial charge in [-0.25, -0.2) is 0 Å². The van der Waals surface area contributed by atoms with Crippen molar-refractivity contribution in [2.24, 2.45) is 11.8 Å². The van der Waals surface area contributed by atoms with Gasteiger partial charge in [0.25, 0.3) is 0 Å². The van der Waals surface area contributed by atoms with Gasteiger partial charge in [0, 0.05) is 36.5 Å². The van der Waals surface area contributed by atoms with Gasteiger partial charge in [-0.05, 0) is 49.9 Å². The van der Waals surface area contributed by atoms with Crippen LogP contribution in [0.4, 0.5) is 5.69 Å². The molecule has 5 nitrogen and oxygen atoms in total. The van der Waals surface area contributed by atoms with Gasteiger partial charge in [-0.1, -0.05) is 11.6 Å². The number of piperidine rings is 1. The first-order valence-electron chi connectivity index (χ1n) is 8.76. The molecule has 1 saturated heterocycles. The molecule has 1 aliphatic heterocycles. The molecule has 1 aromatic carbocycles. The highest BCUT2D eigenvalue weighted by Gasteiger charge is 2.36. The summed E-state index contributed by atoms with van der Waals surface area (Å²) in [6, 6.07) is 7.30. The fraction of sp³-hybridized carbons (Fsp3) is 0.421. The number of pyridine rings is 1. The first-order chi connectivity index (χ1) is 12.1. The average molecular weight is 358 g/mol. The Hall–Kier alpha value is -2.14. The Labute approximate surface area is 151 Å². The van der Waals surface area contributed by atoms with Crippen LogP contribution in [0.3, 0.4) is 0 Å². The van der Waals surface area contributed by atoms with Gasteiger partial charge in [0.1, 0.15) is 0 Å². The number of halogens is 1. The highest BCUT2D eigenvalue weighted by molar-refractivity contribution is 6.35. The van der Waals surface area contributed by atoms with Gasteiger partial charge < -0.3 is 10.2 Å². The lowest BCUT2D eigenvalue weighted by atomic mass is 9.95. The van der Waals surface area contributed by atoms with Crippen LogP contribution in [0.25, 0.3) is 10.9 Å². The van der Waals surface area contributed by atoms with Gasteiger partial charge in [-0.3, -0.25) is 14.6 Å². The van der Waals surface area contributed by atoms with E-state index in [-0.39, 0.29) is 23.7 Å². The Morgan fingerprint density at radius 1 is 1.08 bits per heavy atom. The number of nitrogens with one attached hydrogen (secondary N) is 1. The van der Waals surface area contributed by atoms with Crippen LogP contribution in [0.15, 0.2) is 30.5 Å². The van der Waals surface area contributed by atoms with E-state index in [2.05, 4.69) is 10.3 Å². The number of carbonyl (C=O) groups is 2. The van der Waals surface area contributed by atoms with Crippen LogP contribution in [-0.2, 0) is 9.59 Å². The molecule has 2 heterocycles. The minimum atomic E-state index is -0.0642. The molecule has 1 saturated carbocycles. The molecular formula is C19H20ClN3O2. The Kier molecular flexibility index (Phi) is 4.34. The van der Waals surface area contributed by atoms with E-state index in [4.69, 9.17) is 11.6 Å². The molecule has 2 aromatic rings. The van der Waals surface area contributed by atoms with Crippen molar-refractivity contribution in [2.75, 3.05) is 18.4 Å². The number of benzene rings is 1. The average Bonchev–Trinajstić information content (AvgIpc) is 3.49. The van der Waals surface area contributed by atoms with Crippen molar-refractivity contribution in [3.8, 4) is 0 Å². The monoisotopic (exact) mass is 357 g/mol. The van der Waals surface area contributed by atoms with E-state index in [9.17, 15) is 9.59 Å². The van der Waals surface area contributed by atoms with Crippen molar-refractivity contribution in [3.05, 3.63) is 35.5 Å². The van der Waals surface area contributed by atoms with Gasteiger partial charge in [-0.2, -0.15) is 0 Å². The summed E-state index contributed by atoms with van der Waals surface area (Å²) in [7, 11) is 0. The first-order valence-corrected chi connectivity index (χ1v) is 9.14. The highest BCUT2D eigenvalue weighted by atomic mass is 35.5. The second-order valence-electron chi connectivity index (χ2n) is 6.86. The zero-order chi connectivity index (χ0) is 17.4. The smallest absolute Gasteiger partial charge is 0.227 e. The molecule has 0 radical (unpaired) electrons. The third-order valence-electron chi connectivity index (χ3n) is 5.08. The van der Waals surface area contributed by atoms with Crippen molar-refractivity contribution in [3.63, 3.8) is 0 Å². The normalized spacial score (nSPS) is 18.4. The summed E-state index contributed by atoms with van der Waals surface area (Å²) in [5, 5.41) is 4.43. The number of hydrogen-bond acceptors (Lipinski definition) is 3. The maximum absolute atomic E-state index is 12.7. The predicted molar refractivity (Wildman–Crippen MR) is 97.4 cm³/mol. The van der Waals surface area contributed by atoms with Gasteiger partial charge in [-0.15, -0.1) is 0 Å². The molecule has 4 rings (SSSR count). The summed E-state index contributed by atoms with van der Waals surface area (Å²) in [6.07, 6.45) is 5.17. The predicted octanol–water partition coefficient (Wildman–Crippen LogP) is 3.48. The summed E-state index contributed by atoms with van der Waals surface area (Å²) in [5.74, 6) is 0.462. The number of likely N-dealkylation sites (tertiary alicyclic amines) is 1. The van der Waals surface area contributed by atoms with Crippen LogP contribution < -0.4 is 5.32 Å². The van der Waals surface area contributed by atoms with Crippen LogP contribution in [0.2, 0.25) is 5.02 Å². The molecule has 130 valence electrons. The number of nitrogens with zero attached hydrogens (tertiary/aromatic N) is 2. The molecule has 0 unspecified atom stereocenters. The lowest BCUT2D eigenvalue weighted by molar-refractivity contribution is -0.135. The second kappa shape index (κ2) is 6.64. The van der Waals surface area contributed by atoms with Crippen molar-refractivity contribution >= 4 is 40.0 Å². The Morgan fingerprint density at radius 2 is 1.84 bits per heavy atom. The molecule has 0 bridgehead atoms. The summed E-state index contributed by atoms with van der Waals surface area (Å²) in [4.78, 5) is 31.0. The van der Waals surface area contributed by atoms with Crippen LogP contribution in [0, 0.1) is 11.8 Å². The largest absolute Gasteiger partial charge is 0.342 e. The number of fused-ring (bicyclic) bond motifs is 1. The summed E-state index contributed by atoms with van der Waals surface area (Å²) in [6.45, 7) is 1.35. The number of amides is 2. The minimum Gasteiger partial charge on any atom is -0.342 e. The fourth-order valence-electron chi connectivity index (χ4n) is 3.43. The lowest BCUT2D eigenvalue weighted by Crippen LogP contribution is -2.42. The highest BCUT2D eigenvalue weighted by Crippen LogP contribution is 2.33. The van der Waals surface area contributed by atoms with Gasteiger partial charge in [0.2, 0.25) is 11.8 Å². The van der Waals surface area contributed by atoms with Crippen molar-refractivity contribution in [1.29, 1.82) is 0 Å². The van der Waals surface area contributed by atoms with Crippen LogP contribution in [0.5, 0.6) is 0 Å². The van der Waals surface area contributed by atoms with E-state index in [0.717, 1.165) is 23.9 Å². The maximum atomic E-state index is 12.7.